The zero-order chi connectivity index (χ0) is 21.1. The summed E-state index contributed by atoms with van der Waals surface area (Å²) in [4.78, 5) is 32.3. The maximum atomic E-state index is 12.7. The number of carbonyl (C=O) groups excluding carboxylic acids is 1. The number of nitrogens with zero attached hydrogens (tertiary/aromatic N) is 5. The van der Waals surface area contributed by atoms with E-state index in [4.69, 9.17) is 0 Å². The van der Waals surface area contributed by atoms with Gasteiger partial charge in [0.25, 0.3) is 5.69 Å². The van der Waals surface area contributed by atoms with Gasteiger partial charge in [-0.1, -0.05) is 6.92 Å². The molecule has 1 saturated heterocycles. The van der Waals surface area contributed by atoms with Crippen LogP contribution in [0.1, 0.15) is 36.5 Å². The van der Waals surface area contributed by atoms with Gasteiger partial charge in [0.05, 0.1) is 11.0 Å². The highest BCUT2D eigenvalue weighted by molar-refractivity contribution is 6.07. The summed E-state index contributed by atoms with van der Waals surface area (Å²) >= 11 is 0. The molecule has 1 N–H and O–H groups in total. The molecule has 0 saturated carbocycles. The maximum absolute atomic E-state index is 12.7. The van der Waals surface area contributed by atoms with Gasteiger partial charge < -0.3 is 14.6 Å². The van der Waals surface area contributed by atoms with Crippen molar-refractivity contribution >= 4 is 17.2 Å². The van der Waals surface area contributed by atoms with Crippen molar-refractivity contribution < 1.29 is 14.8 Å². The SMILES string of the molecule is CCC1CN(c2ccc(C(=O)c3nccn3C)cc2[N+](=O)[O-])CCN1CC(C)O. The zero-order valence-corrected chi connectivity index (χ0v) is 17.0. The van der Waals surface area contributed by atoms with Crippen molar-refractivity contribution in [2.75, 3.05) is 31.1 Å². The largest absolute Gasteiger partial charge is 0.392 e. The Bertz CT molecular complexity index is 895. The zero-order valence-electron chi connectivity index (χ0n) is 17.0. The molecule has 1 aromatic carbocycles. The van der Waals surface area contributed by atoms with Gasteiger partial charge in [-0.15, -0.1) is 0 Å². The van der Waals surface area contributed by atoms with Crippen molar-refractivity contribution in [3.8, 4) is 0 Å². The molecule has 0 spiro atoms. The Labute approximate surface area is 169 Å². The molecule has 1 fully saturated rings. The Morgan fingerprint density at radius 1 is 1.41 bits per heavy atom. The number of aliphatic hydroxyl groups excluding tert-OH is 1. The molecule has 0 amide bonds. The molecule has 9 nitrogen and oxygen atoms in total. The second-order valence-electron chi connectivity index (χ2n) is 7.50. The van der Waals surface area contributed by atoms with E-state index >= 15 is 0 Å². The number of imidazole rings is 1. The van der Waals surface area contributed by atoms with Gasteiger partial charge in [0.15, 0.2) is 5.82 Å². The normalized spacial score (nSPS) is 18.6. The fourth-order valence-electron chi connectivity index (χ4n) is 3.87. The van der Waals surface area contributed by atoms with E-state index in [0.29, 0.717) is 31.9 Å². The van der Waals surface area contributed by atoms with Crippen molar-refractivity contribution in [2.24, 2.45) is 7.05 Å². The molecule has 156 valence electrons. The summed E-state index contributed by atoms with van der Waals surface area (Å²) < 4.78 is 1.59. The third-order valence-electron chi connectivity index (χ3n) is 5.37. The van der Waals surface area contributed by atoms with E-state index in [-0.39, 0.29) is 28.9 Å². The van der Waals surface area contributed by atoms with Crippen molar-refractivity contribution in [2.45, 2.75) is 32.4 Å². The lowest BCUT2D eigenvalue weighted by Gasteiger charge is -2.42. The summed E-state index contributed by atoms with van der Waals surface area (Å²) in [5.41, 5.74) is 0.681. The molecule has 2 unspecified atom stereocenters. The number of hydrogen-bond acceptors (Lipinski definition) is 7. The number of piperazine rings is 1. The van der Waals surface area contributed by atoms with Crippen LogP contribution in [0.15, 0.2) is 30.6 Å². The number of aromatic nitrogens is 2. The van der Waals surface area contributed by atoms with Crippen molar-refractivity contribution in [1.29, 1.82) is 0 Å². The van der Waals surface area contributed by atoms with E-state index in [2.05, 4.69) is 16.8 Å². The third-order valence-corrected chi connectivity index (χ3v) is 5.37. The van der Waals surface area contributed by atoms with E-state index < -0.39 is 11.0 Å². The lowest BCUT2D eigenvalue weighted by Crippen LogP contribution is -2.54. The molecule has 1 aliphatic heterocycles. The van der Waals surface area contributed by atoms with Gasteiger partial charge in [0.2, 0.25) is 5.78 Å². The van der Waals surface area contributed by atoms with Crippen molar-refractivity contribution in [1.82, 2.24) is 14.5 Å². The first-order valence-corrected chi connectivity index (χ1v) is 9.79. The number of nitro benzene ring substituents is 1. The summed E-state index contributed by atoms with van der Waals surface area (Å²) in [6, 6.07) is 4.83. The molecule has 0 bridgehead atoms. The Morgan fingerprint density at radius 2 is 2.17 bits per heavy atom. The van der Waals surface area contributed by atoms with Crippen LogP contribution < -0.4 is 4.90 Å². The monoisotopic (exact) mass is 401 g/mol. The minimum Gasteiger partial charge on any atom is -0.392 e. The first-order valence-electron chi connectivity index (χ1n) is 9.79. The Hall–Kier alpha value is -2.78. The minimum absolute atomic E-state index is 0.0797. The van der Waals surface area contributed by atoms with Crippen LogP contribution in [-0.2, 0) is 7.05 Å². The predicted octanol–water partition coefficient (Wildman–Crippen LogP) is 1.84. The number of benzene rings is 1. The van der Waals surface area contributed by atoms with Crippen LogP contribution in [-0.4, -0.2) is 68.6 Å². The number of nitro groups is 1. The van der Waals surface area contributed by atoms with Gasteiger partial charge in [-0.25, -0.2) is 4.98 Å². The smallest absolute Gasteiger partial charge is 0.293 e. The van der Waals surface area contributed by atoms with Crippen LogP contribution in [0.2, 0.25) is 0 Å². The minimum atomic E-state index is -0.437. The molecule has 29 heavy (non-hydrogen) atoms. The van der Waals surface area contributed by atoms with Gasteiger partial charge in [0.1, 0.15) is 5.69 Å². The van der Waals surface area contributed by atoms with Crippen LogP contribution in [0.25, 0.3) is 0 Å². The highest BCUT2D eigenvalue weighted by Gasteiger charge is 2.30. The summed E-state index contributed by atoms with van der Waals surface area (Å²) in [7, 11) is 1.71. The van der Waals surface area contributed by atoms with Gasteiger partial charge in [0, 0.05) is 63.3 Å². The van der Waals surface area contributed by atoms with Crippen molar-refractivity contribution in [3.63, 3.8) is 0 Å². The van der Waals surface area contributed by atoms with E-state index in [0.717, 1.165) is 6.42 Å². The molecule has 2 atom stereocenters. The highest BCUT2D eigenvalue weighted by Crippen LogP contribution is 2.32. The molecule has 0 aliphatic carbocycles. The molecular formula is C20H27N5O4. The van der Waals surface area contributed by atoms with Gasteiger partial charge >= 0.3 is 0 Å². The molecule has 1 aliphatic rings. The standard InChI is InChI=1S/C20H27N5O4/c1-4-16-13-24(10-9-23(16)12-14(2)26)17-6-5-15(11-18(17)25(28)29)19(27)20-21-7-8-22(20)3/h5-8,11,14,16,26H,4,9-10,12-13H2,1-3H3. The number of ketones is 1. The quantitative estimate of drug-likeness (QED) is 0.429. The van der Waals surface area contributed by atoms with Crippen LogP contribution >= 0.6 is 0 Å². The number of carbonyl (C=O) groups is 1. The van der Waals surface area contributed by atoms with Gasteiger partial charge in [-0.05, 0) is 25.5 Å². The lowest BCUT2D eigenvalue weighted by molar-refractivity contribution is -0.384. The van der Waals surface area contributed by atoms with Crippen LogP contribution in [0.4, 0.5) is 11.4 Å². The maximum Gasteiger partial charge on any atom is 0.293 e. The number of aryl methyl sites for hydroxylation is 1. The first-order chi connectivity index (χ1) is 13.8. The topological polar surface area (TPSA) is 105 Å². The first kappa shape index (κ1) is 20.9. The lowest BCUT2D eigenvalue weighted by atomic mass is 10.0. The molecular weight excluding hydrogens is 374 g/mol. The van der Waals surface area contributed by atoms with E-state index in [1.807, 2.05) is 4.90 Å². The number of hydrogen-bond donors (Lipinski definition) is 1. The summed E-state index contributed by atoms with van der Waals surface area (Å²) in [6.07, 6.45) is 3.65. The number of rotatable bonds is 7. The summed E-state index contributed by atoms with van der Waals surface area (Å²) in [6.45, 7) is 6.40. The Morgan fingerprint density at radius 3 is 2.76 bits per heavy atom. The Kier molecular flexibility index (Phi) is 6.29. The molecule has 0 radical (unpaired) electrons. The second-order valence-corrected chi connectivity index (χ2v) is 7.50. The summed E-state index contributed by atoms with van der Waals surface area (Å²) in [5.74, 6) is -0.106. The van der Waals surface area contributed by atoms with Gasteiger partial charge in [-0.2, -0.15) is 0 Å². The predicted molar refractivity (Wildman–Crippen MR) is 109 cm³/mol. The number of anilines is 1. The average Bonchev–Trinajstić information content (AvgIpc) is 3.12. The van der Waals surface area contributed by atoms with E-state index in [1.165, 1.54) is 12.3 Å². The molecule has 2 aromatic rings. The number of aliphatic hydroxyl groups is 1. The summed E-state index contributed by atoms with van der Waals surface area (Å²) in [5, 5.41) is 21.5. The van der Waals surface area contributed by atoms with E-state index in [1.54, 1.807) is 36.9 Å². The van der Waals surface area contributed by atoms with E-state index in [9.17, 15) is 20.0 Å². The average molecular weight is 401 g/mol. The van der Waals surface area contributed by atoms with Gasteiger partial charge in [-0.3, -0.25) is 19.8 Å². The second kappa shape index (κ2) is 8.71. The highest BCUT2D eigenvalue weighted by atomic mass is 16.6. The molecule has 3 rings (SSSR count). The third kappa shape index (κ3) is 4.46. The van der Waals surface area contributed by atoms with Crippen LogP contribution in [0.5, 0.6) is 0 Å². The van der Waals surface area contributed by atoms with Crippen LogP contribution in [0.3, 0.4) is 0 Å². The molecule has 2 heterocycles. The Balaban J connectivity index is 1.87. The van der Waals surface area contributed by atoms with Crippen LogP contribution in [0, 0.1) is 10.1 Å². The fraction of sp³-hybridized carbons (Fsp3) is 0.500. The molecule has 9 heteroatoms. The van der Waals surface area contributed by atoms with Crippen molar-refractivity contribution in [3.05, 3.63) is 52.1 Å². The number of β-amino-alcohol motifs (C(OH)–C–C–N with tert-alkyl or cyclic N) is 1. The molecule has 1 aromatic heterocycles. The fourth-order valence-corrected chi connectivity index (χ4v) is 3.87.